The third-order valence-corrected chi connectivity index (χ3v) is 3.52. The van der Waals surface area contributed by atoms with Gasteiger partial charge in [-0.05, 0) is 6.07 Å². The fraction of sp³-hybridized carbons (Fsp3) is 0.250. The Bertz CT molecular complexity index is 846. The number of amides is 1. The van der Waals surface area contributed by atoms with Crippen molar-refractivity contribution in [2.24, 2.45) is 0 Å². The Balaban J connectivity index is 1.64. The number of fused-ring (bicyclic) bond motifs is 1. The molecule has 0 atom stereocenters. The normalized spacial score (nSPS) is 12.9. The number of alkyl halides is 4. The van der Waals surface area contributed by atoms with Crippen molar-refractivity contribution in [3.63, 3.8) is 0 Å². The van der Waals surface area contributed by atoms with E-state index in [4.69, 9.17) is 15.2 Å². The van der Waals surface area contributed by atoms with Gasteiger partial charge in [-0.25, -0.2) is 13.8 Å². The molecule has 0 saturated carbocycles. The lowest BCUT2D eigenvalue weighted by Gasteiger charge is -2.15. The van der Waals surface area contributed by atoms with Crippen molar-refractivity contribution in [3.05, 3.63) is 36.0 Å². The van der Waals surface area contributed by atoms with Gasteiger partial charge in [0.1, 0.15) is 0 Å². The number of rotatable bonds is 6. The van der Waals surface area contributed by atoms with E-state index in [-0.39, 0.29) is 29.6 Å². The number of nitrogens with one attached hydrogen (secondary N) is 1. The first-order chi connectivity index (χ1) is 12.8. The van der Waals surface area contributed by atoms with Crippen LogP contribution in [0.3, 0.4) is 0 Å². The van der Waals surface area contributed by atoms with Crippen LogP contribution >= 0.6 is 0 Å². The largest absolute Gasteiger partial charge is 0.471 e. The highest BCUT2D eigenvalue weighted by Crippen LogP contribution is 2.38. The highest BCUT2D eigenvalue weighted by atomic mass is 19.3. The molecule has 0 aliphatic carbocycles. The van der Waals surface area contributed by atoms with Crippen molar-refractivity contribution in [2.45, 2.75) is 12.3 Å². The number of halogens is 4. The molecule has 1 aromatic heterocycles. The molecule has 0 bridgehead atoms. The van der Waals surface area contributed by atoms with Gasteiger partial charge in [0.05, 0.1) is 16.9 Å². The van der Waals surface area contributed by atoms with E-state index < -0.39 is 24.9 Å². The maximum atomic E-state index is 12.8. The quantitative estimate of drug-likeness (QED) is 0.585. The Kier molecular flexibility index (Phi) is 4.93. The topological polar surface area (TPSA) is 95.7 Å². The molecule has 2 heterocycles. The van der Waals surface area contributed by atoms with E-state index in [2.05, 4.69) is 15.0 Å². The summed E-state index contributed by atoms with van der Waals surface area (Å²) in [6.45, 7) is -1.49. The lowest BCUT2D eigenvalue weighted by molar-refractivity contribution is -0.148. The molecule has 1 aliphatic rings. The fourth-order valence-electron chi connectivity index (χ4n) is 2.09. The predicted molar refractivity (Wildman–Crippen MR) is 85.6 cm³/mol. The number of hydrogen-bond donors (Lipinski definition) is 2. The Hall–Kier alpha value is -3.24. The maximum absolute atomic E-state index is 12.8. The molecular weight excluding hydrogens is 374 g/mol. The number of anilines is 2. The van der Waals surface area contributed by atoms with Gasteiger partial charge in [0.25, 0.3) is 5.91 Å². The van der Waals surface area contributed by atoms with Gasteiger partial charge in [0.2, 0.25) is 12.7 Å². The third kappa shape index (κ3) is 4.13. The molecule has 0 radical (unpaired) electrons. The van der Waals surface area contributed by atoms with Crippen LogP contribution in [-0.4, -0.2) is 36.6 Å². The number of carbonyl (C=O) groups excluding carboxylic acids is 1. The predicted octanol–water partition coefficient (Wildman–Crippen LogP) is 2.92. The molecule has 0 unspecified atom stereocenters. The summed E-state index contributed by atoms with van der Waals surface area (Å²) in [7, 11) is 0. The van der Waals surface area contributed by atoms with E-state index in [1.807, 2.05) is 0 Å². The Morgan fingerprint density at radius 2 is 2.00 bits per heavy atom. The number of ether oxygens (including phenoxy) is 3. The van der Waals surface area contributed by atoms with E-state index in [0.717, 1.165) is 12.3 Å². The Labute approximate surface area is 150 Å². The van der Waals surface area contributed by atoms with Crippen LogP contribution in [-0.2, 0) is 0 Å². The van der Waals surface area contributed by atoms with Gasteiger partial charge in [0.15, 0.2) is 18.1 Å². The van der Waals surface area contributed by atoms with E-state index in [9.17, 15) is 22.4 Å². The molecule has 7 nitrogen and oxygen atoms in total. The molecule has 1 aromatic carbocycles. The zero-order valence-electron chi connectivity index (χ0n) is 13.5. The number of benzene rings is 1. The van der Waals surface area contributed by atoms with Crippen LogP contribution in [0.5, 0.6) is 17.4 Å². The molecule has 3 rings (SSSR count). The minimum absolute atomic E-state index is 0.0438. The smallest absolute Gasteiger partial charge is 0.340 e. The highest BCUT2D eigenvalue weighted by molar-refractivity contribution is 6.05. The average Bonchev–Trinajstić information content (AvgIpc) is 3.07. The molecular formula is C16H13F4N3O4. The number of pyridine rings is 1. The SMILES string of the molecule is Nc1cc2c(cc1NC(=O)c1ccc(OCC(F)(F)C(F)F)nc1)OCO2. The summed E-state index contributed by atoms with van der Waals surface area (Å²) in [5.74, 6) is -4.34. The molecule has 144 valence electrons. The molecule has 1 amide bonds. The van der Waals surface area contributed by atoms with Gasteiger partial charge < -0.3 is 25.3 Å². The van der Waals surface area contributed by atoms with Crippen molar-refractivity contribution >= 4 is 17.3 Å². The standard InChI is InChI=1S/C16H13F4N3O4/c17-15(18)16(19,20)6-25-13-2-1-8(5-22-13)14(24)23-10-4-12-11(3-9(10)21)26-7-27-12/h1-5,15H,6-7,21H2,(H,23,24). The minimum Gasteiger partial charge on any atom is -0.471 e. The maximum Gasteiger partial charge on any atom is 0.340 e. The molecule has 2 aromatic rings. The summed E-state index contributed by atoms with van der Waals surface area (Å²) in [6.07, 6.45) is -2.80. The zero-order chi connectivity index (χ0) is 19.6. The number of carbonyl (C=O) groups is 1. The zero-order valence-corrected chi connectivity index (χ0v) is 13.5. The lowest BCUT2D eigenvalue weighted by Crippen LogP contribution is -2.33. The second kappa shape index (κ2) is 7.17. The molecule has 0 spiro atoms. The number of aromatic nitrogens is 1. The van der Waals surface area contributed by atoms with Crippen LogP contribution in [0, 0.1) is 0 Å². The van der Waals surface area contributed by atoms with Crippen molar-refractivity contribution in [3.8, 4) is 17.4 Å². The van der Waals surface area contributed by atoms with Gasteiger partial charge in [-0.15, -0.1) is 0 Å². The number of hydrogen-bond acceptors (Lipinski definition) is 6. The van der Waals surface area contributed by atoms with Gasteiger partial charge in [-0.3, -0.25) is 4.79 Å². The molecule has 11 heteroatoms. The molecule has 0 fully saturated rings. The van der Waals surface area contributed by atoms with Crippen molar-refractivity contribution < 1.29 is 36.6 Å². The first-order valence-corrected chi connectivity index (χ1v) is 7.51. The summed E-state index contributed by atoms with van der Waals surface area (Å²) in [5, 5.41) is 2.55. The average molecular weight is 387 g/mol. The van der Waals surface area contributed by atoms with Crippen LogP contribution < -0.4 is 25.3 Å². The Morgan fingerprint density at radius 1 is 1.30 bits per heavy atom. The second-order valence-electron chi connectivity index (χ2n) is 5.48. The van der Waals surface area contributed by atoms with Crippen LogP contribution in [0.4, 0.5) is 28.9 Å². The fourth-order valence-corrected chi connectivity index (χ4v) is 2.09. The van der Waals surface area contributed by atoms with Crippen molar-refractivity contribution in [2.75, 3.05) is 24.5 Å². The van der Waals surface area contributed by atoms with E-state index in [1.54, 1.807) is 0 Å². The summed E-state index contributed by atoms with van der Waals surface area (Å²) in [6, 6.07) is 5.34. The summed E-state index contributed by atoms with van der Waals surface area (Å²) < 4.78 is 64.7. The number of nitrogen functional groups attached to an aromatic ring is 1. The minimum atomic E-state index is -4.30. The second-order valence-corrected chi connectivity index (χ2v) is 5.48. The third-order valence-electron chi connectivity index (χ3n) is 3.52. The first kappa shape index (κ1) is 18.5. The van der Waals surface area contributed by atoms with Gasteiger partial charge in [-0.2, -0.15) is 8.78 Å². The highest BCUT2D eigenvalue weighted by Gasteiger charge is 2.41. The van der Waals surface area contributed by atoms with Crippen LogP contribution in [0.15, 0.2) is 30.5 Å². The summed E-state index contributed by atoms with van der Waals surface area (Å²) in [5.41, 5.74) is 6.42. The first-order valence-electron chi connectivity index (χ1n) is 7.51. The van der Waals surface area contributed by atoms with Crippen molar-refractivity contribution in [1.82, 2.24) is 4.98 Å². The van der Waals surface area contributed by atoms with Crippen molar-refractivity contribution in [1.29, 1.82) is 0 Å². The van der Waals surface area contributed by atoms with E-state index in [0.29, 0.717) is 11.5 Å². The van der Waals surface area contributed by atoms with Crippen LogP contribution in [0.1, 0.15) is 10.4 Å². The monoisotopic (exact) mass is 387 g/mol. The van der Waals surface area contributed by atoms with Crippen LogP contribution in [0.25, 0.3) is 0 Å². The van der Waals surface area contributed by atoms with Gasteiger partial charge in [0, 0.05) is 24.4 Å². The summed E-state index contributed by atoms with van der Waals surface area (Å²) >= 11 is 0. The number of nitrogens with two attached hydrogens (primary N) is 1. The lowest BCUT2D eigenvalue weighted by atomic mass is 10.2. The molecule has 3 N–H and O–H groups in total. The number of nitrogens with zero attached hydrogens (tertiary/aromatic N) is 1. The van der Waals surface area contributed by atoms with E-state index in [1.165, 1.54) is 18.2 Å². The Morgan fingerprint density at radius 3 is 2.63 bits per heavy atom. The van der Waals surface area contributed by atoms with E-state index >= 15 is 0 Å². The molecule has 0 saturated heterocycles. The molecule has 1 aliphatic heterocycles. The van der Waals surface area contributed by atoms with Gasteiger partial charge >= 0.3 is 12.3 Å². The molecule has 27 heavy (non-hydrogen) atoms. The van der Waals surface area contributed by atoms with Crippen LogP contribution in [0.2, 0.25) is 0 Å². The van der Waals surface area contributed by atoms with Gasteiger partial charge in [-0.1, -0.05) is 0 Å². The summed E-state index contributed by atoms with van der Waals surface area (Å²) in [4.78, 5) is 15.9.